The number of carbonyl (C=O) groups excluding carboxylic acids is 2. The number of ether oxygens (including phenoxy) is 1. The van der Waals surface area contributed by atoms with E-state index in [2.05, 4.69) is 0 Å². The van der Waals surface area contributed by atoms with Gasteiger partial charge in [0.1, 0.15) is 6.61 Å². The Morgan fingerprint density at radius 1 is 1.07 bits per heavy atom. The van der Waals surface area contributed by atoms with Gasteiger partial charge in [0.25, 0.3) is 5.91 Å². The van der Waals surface area contributed by atoms with Crippen molar-refractivity contribution in [3.05, 3.63) is 75.3 Å². The van der Waals surface area contributed by atoms with Crippen LogP contribution in [0.25, 0.3) is 5.57 Å². The molecule has 0 atom stereocenters. The number of carboxylic acids is 1. The summed E-state index contributed by atoms with van der Waals surface area (Å²) < 4.78 is 5.46. The number of nitrogens with zero attached hydrogens (tertiary/aromatic N) is 1. The molecule has 0 saturated heterocycles. The smallest absolute Gasteiger partial charge is 0.329 e. The summed E-state index contributed by atoms with van der Waals surface area (Å²) in [6, 6.07) is 11.8. The minimum Gasteiger partial charge on any atom is -0.478 e. The first-order valence-electron chi connectivity index (χ1n) is 9.02. The number of hydrogen-bond donors (Lipinski definition) is 1. The number of carbonyl (C=O) groups is 3. The van der Waals surface area contributed by atoms with Crippen LogP contribution in [0, 0.1) is 0 Å². The normalized spacial score (nSPS) is 11.3. The summed E-state index contributed by atoms with van der Waals surface area (Å²) in [7, 11) is 3.03. The topological polar surface area (TPSA) is 83.9 Å². The van der Waals surface area contributed by atoms with E-state index < -0.39 is 11.9 Å². The predicted octanol–water partition coefficient (Wildman–Crippen LogP) is 3.99. The van der Waals surface area contributed by atoms with Crippen LogP contribution in [0.4, 0.5) is 0 Å². The largest absolute Gasteiger partial charge is 0.478 e. The molecule has 2 rings (SSSR count). The first kappa shape index (κ1) is 23.6. The van der Waals surface area contributed by atoms with Crippen LogP contribution in [0.2, 0.25) is 10.0 Å². The molecule has 6 nitrogen and oxygen atoms in total. The third kappa shape index (κ3) is 6.16. The average Bonchev–Trinajstić information content (AvgIpc) is 2.71. The van der Waals surface area contributed by atoms with E-state index >= 15 is 0 Å². The SMILES string of the molecule is CN(C)C(=O)C(=CC(=O)O)c1ccc(Cl)c(CCOCC(=O)c2ccccc2)c1Cl. The molecule has 0 unspecified atom stereocenters. The number of benzene rings is 2. The molecule has 0 radical (unpaired) electrons. The lowest BCUT2D eigenvalue weighted by atomic mass is 10.00. The maximum atomic E-state index is 12.4. The van der Waals surface area contributed by atoms with Gasteiger partial charge in [-0.05, 0) is 18.1 Å². The van der Waals surface area contributed by atoms with Crippen LogP contribution in [-0.4, -0.2) is 55.0 Å². The number of halogens is 2. The molecule has 0 aliphatic rings. The van der Waals surface area contributed by atoms with Gasteiger partial charge in [-0.2, -0.15) is 0 Å². The molecular weight excluding hydrogens is 429 g/mol. The van der Waals surface area contributed by atoms with Crippen molar-refractivity contribution >= 4 is 46.4 Å². The Balaban J connectivity index is 2.16. The molecule has 0 aliphatic heterocycles. The highest BCUT2D eigenvalue weighted by Gasteiger charge is 2.21. The van der Waals surface area contributed by atoms with Crippen molar-refractivity contribution in [1.29, 1.82) is 0 Å². The monoisotopic (exact) mass is 449 g/mol. The lowest BCUT2D eigenvalue weighted by Gasteiger charge is -2.17. The standard InChI is InChI=1S/C22H21Cl2NO5/c1-25(2)22(29)17(12-20(27)28)15-8-9-18(23)16(21(15)24)10-11-30-13-19(26)14-6-4-3-5-7-14/h3-9,12H,10-11,13H2,1-2H3,(H,27,28). The van der Waals surface area contributed by atoms with Crippen molar-refractivity contribution in [1.82, 2.24) is 4.90 Å². The highest BCUT2D eigenvalue weighted by Crippen LogP contribution is 2.33. The van der Waals surface area contributed by atoms with Gasteiger partial charge in [0.05, 0.1) is 17.2 Å². The third-order valence-electron chi connectivity index (χ3n) is 4.21. The molecule has 0 spiro atoms. The predicted molar refractivity (Wildman–Crippen MR) is 116 cm³/mol. The third-order valence-corrected chi connectivity index (χ3v) is 4.99. The second-order valence-corrected chi connectivity index (χ2v) is 7.36. The lowest BCUT2D eigenvalue weighted by Crippen LogP contribution is -2.23. The number of Topliss-reactive ketones (excluding diaryl/α,β-unsaturated/α-hetero) is 1. The van der Waals surface area contributed by atoms with Gasteiger partial charge in [-0.3, -0.25) is 9.59 Å². The van der Waals surface area contributed by atoms with Crippen molar-refractivity contribution in [2.75, 3.05) is 27.3 Å². The van der Waals surface area contributed by atoms with Gasteiger partial charge < -0.3 is 14.7 Å². The summed E-state index contributed by atoms with van der Waals surface area (Å²) in [6.07, 6.45) is 1.10. The Labute approximate surface area is 184 Å². The fourth-order valence-corrected chi connectivity index (χ4v) is 3.36. The van der Waals surface area contributed by atoms with Crippen molar-refractivity contribution < 1.29 is 24.2 Å². The lowest BCUT2D eigenvalue weighted by molar-refractivity contribution is -0.131. The summed E-state index contributed by atoms with van der Waals surface area (Å²) in [4.78, 5) is 37.0. The molecule has 1 N–H and O–H groups in total. The molecule has 0 fully saturated rings. The summed E-state index contributed by atoms with van der Waals surface area (Å²) in [5.41, 5.74) is 1.26. The molecule has 0 bridgehead atoms. The number of amides is 1. The Morgan fingerprint density at radius 3 is 2.33 bits per heavy atom. The zero-order valence-corrected chi connectivity index (χ0v) is 18.0. The summed E-state index contributed by atoms with van der Waals surface area (Å²) in [6.45, 7) is 0.0727. The van der Waals surface area contributed by atoms with Crippen LogP contribution in [0.1, 0.15) is 21.5 Å². The van der Waals surface area contributed by atoms with Gasteiger partial charge in [0, 0.05) is 36.3 Å². The van der Waals surface area contributed by atoms with Crippen molar-refractivity contribution in [3.63, 3.8) is 0 Å². The molecule has 2 aromatic carbocycles. The van der Waals surface area contributed by atoms with Crippen LogP contribution in [-0.2, 0) is 20.7 Å². The van der Waals surface area contributed by atoms with Gasteiger partial charge in [-0.1, -0.05) is 59.6 Å². The van der Waals surface area contributed by atoms with E-state index in [1.165, 1.54) is 25.1 Å². The van der Waals surface area contributed by atoms with Crippen LogP contribution in [0.3, 0.4) is 0 Å². The van der Waals surface area contributed by atoms with Gasteiger partial charge in [-0.25, -0.2) is 4.79 Å². The fourth-order valence-electron chi connectivity index (χ4n) is 2.70. The number of aliphatic carboxylic acids is 1. The van der Waals surface area contributed by atoms with Crippen molar-refractivity contribution in [2.45, 2.75) is 6.42 Å². The quantitative estimate of drug-likeness (QED) is 0.355. The number of carboxylic acid groups (broad SMARTS) is 1. The molecule has 0 saturated carbocycles. The Morgan fingerprint density at radius 2 is 1.73 bits per heavy atom. The van der Waals surface area contributed by atoms with E-state index in [0.29, 0.717) is 16.1 Å². The summed E-state index contributed by atoms with van der Waals surface area (Å²) >= 11 is 12.7. The van der Waals surface area contributed by atoms with E-state index in [1.807, 2.05) is 6.07 Å². The number of hydrogen-bond acceptors (Lipinski definition) is 4. The van der Waals surface area contributed by atoms with E-state index in [0.717, 1.165) is 6.08 Å². The first-order valence-corrected chi connectivity index (χ1v) is 9.77. The van der Waals surface area contributed by atoms with E-state index in [4.69, 9.17) is 33.0 Å². The second kappa shape index (κ2) is 10.9. The number of likely N-dealkylation sites (N-methyl/N-ethyl adjacent to an activating group) is 1. The molecular formula is C22H21Cl2NO5. The Bertz CT molecular complexity index is 971. The van der Waals surface area contributed by atoms with Crippen molar-refractivity contribution in [3.8, 4) is 0 Å². The summed E-state index contributed by atoms with van der Waals surface area (Å²) in [5.74, 6) is -1.92. The van der Waals surface area contributed by atoms with Crippen LogP contribution in [0.5, 0.6) is 0 Å². The molecule has 158 valence electrons. The zero-order valence-electron chi connectivity index (χ0n) is 16.5. The van der Waals surface area contributed by atoms with Gasteiger partial charge in [0.15, 0.2) is 5.78 Å². The second-order valence-electron chi connectivity index (χ2n) is 6.58. The highest BCUT2D eigenvalue weighted by molar-refractivity contribution is 6.39. The molecule has 30 heavy (non-hydrogen) atoms. The maximum absolute atomic E-state index is 12.4. The van der Waals surface area contributed by atoms with E-state index in [-0.39, 0.29) is 41.6 Å². The Hall–Kier alpha value is -2.67. The Kier molecular flexibility index (Phi) is 8.59. The molecule has 2 aromatic rings. The number of ketones is 1. The van der Waals surface area contributed by atoms with Crippen molar-refractivity contribution in [2.24, 2.45) is 0 Å². The minimum absolute atomic E-state index is 0.0596. The zero-order chi connectivity index (χ0) is 22.3. The maximum Gasteiger partial charge on any atom is 0.329 e. The molecule has 1 amide bonds. The first-order chi connectivity index (χ1) is 14.2. The van der Waals surface area contributed by atoms with Gasteiger partial charge in [0.2, 0.25) is 0 Å². The van der Waals surface area contributed by atoms with E-state index in [9.17, 15) is 14.4 Å². The van der Waals surface area contributed by atoms with Gasteiger partial charge in [-0.15, -0.1) is 0 Å². The minimum atomic E-state index is -1.27. The van der Waals surface area contributed by atoms with Crippen LogP contribution < -0.4 is 0 Å². The molecule has 0 aromatic heterocycles. The molecule has 0 aliphatic carbocycles. The average molecular weight is 450 g/mol. The molecule has 0 heterocycles. The van der Waals surface area contributed by atoms with E-state index in [1.54, 1.807) is 30.3 Å². The number of rotatable bonds is 9. The van der Waals surface area contributed by atoms with Crippen LogP contribution >= 0.6 is 23.2 Å². The van der Waals surface area contributed by atoms with Crippen LogP contribution in [0.15, 0.2) is 48.5 Å². The highest BCUT2D eigenvalue weighted by atomic mass is 35.5. The van der Waals surface area contributed by atoms with Gasteiger partial charge >= 0.3 is 5.97 Å². The fraction of sp³-hybridized carbons (Fsp3) is 0.227. The molecule has 8 heteroatoms. The summed E-state index contributed by atoms with van der Waals surface area (Å²) in [5, 5.41) is 9.67.